The average molecular weight is 328 g/mol. The molecule has 0 N–H and O–H groups in total. The molecular formula is C13H16N2O8. The minimum absolute atomic E-state index is 0.0726. The lowest BCUT2D eigenvalue weighted by molar-refractivity contribution is -0.147. The first kappa shape index (κ1) is 15.7. The molecule has 23 heavy (non-hydrogen) atoms. The molecule has 2 unspecified atom stereocenters. The third kappa shape index (κ3) is 4.39. The van der Waals surface area contributed by atoms with E-state index in [1.807, 2.05) is 0 Å². The van der Waals surface area contributed by atoms with Crippen LogP contribution in [0, 0.1) is 0 Å². The van der Waals surface area contributed by atoms with Crippen LogP contribution in [0.5, 0.6) is 0 Å². The molecule has 0 spiro atoms. The van der Waals surface area contributed by atoms with Crippen molar-refractivity contribution in [3.63, 3.8) is 0 Å². The van der Waals surface area contributed by atoms with Gasteiger partial charge in [-0.2, -0.15) is 0 Å². The highest BCUT2D eigenvalue weighted by Crippen LogP contribution is 2.13. The fourth-order valence-electron chi connectivity index (χ4n) is 1.95. The smallest absolute Gasteiger partial charge is 0.328 e. The molecule has 0 radical (unpaired) electrons. The van der Waals surface area contributed by atoms with Crippen molar-refractivity contribution in [1.82, 2.24) is 9.80 Å². The molecular weight excluding hydrogens is 312 g/mol. The van der Waals surface area contributed by atoms with Gasteiger partial charge in [-0.1, -0.05) is 0 Å². The van der Waals surface area contributed by atoms with Crippen molar-refractivity contribution in [2.24, 2.45) is 0 Å². The summed E-state index contributed by atoms with van der Waals surface area (Å²) in [4.78, 5) is 48.8. The van der Waals surface area contributed by atoms with Crippen molar-refractivity contribution in [3.8, 4) is 0 Å². The molecule has 0 aromatic heterocycles. The van der Waals surface area contributed by atoms with E-state index in [0.29, 0.717) is 13.2 Å². The SMILES string of the molecule is O=C(CN1CC(=O)N(CC(=O)OCC2CO2)C1=O)OCC1CO1. The van der Waals surface area contributed by atoms with Crippen LogP contribution in [0.1, 0.15) is 0 Å². The van der Waals surface area contributed by atoms with E-state index in [9.17, 15) is 19.2 Å². The van der Waals surface area contributed by atoms with E-state index in [4.69, 9.17) is 18.9 Å². The second-order valence-corrected chi connectivity index (χ2v) is 5.40. The van der Waals surface area contributed by atoms with Gasteiger partial charge in [-0.25, -0.2) is 4.79 Å². The fourth-order valence-corrected chi connectivity index (χ4v) is 1.95. The number of amides is 3. The molecule has 0 bridgehead atoms. The summed E-state index contributed by atoms with van der Waals surface area (Å²) in [5, 5.41) is 0. The van der Waals surface area contributed by atoms with Crippen LogP contribution >= 0.6 is 0 Å². The number of ether oxygens (including phenoxy) is 4. The van der Waals surface area contributed by atoms with Gasteiger partial charge >= 0.3 is 18.0 Å². The number of rotatable bonds is 8. The zero-order chi connectivity index (χ0) is 16.4. The summed E-state index contributed by atoms with van der Waals surface area (Å²) in [7, 11) is 0. The van der Waals surface area contributed by atoms with Gasteiger partial charge in [-0.3, -0.25) is 19.3 Å². The topological polar surface area (TPSA) is 118 Å². The molecule has 0 aromatic rings. The molecule has 0 saturated carbocycles. The quantitative estimate of drug-likeness (QED) is 0.289. The maximum Gasteiger partial charge on any atom is 0.328 e. The Bertz CT molecular complexity index is 528. The van der Waals surface area contributed by atoms with Gasteiger partial charge < -0.3 is 23.8 Å². The number of imide groups is 1. The highest BCUT2D eigenvalue weighted by Gasteiger charge is 2.39. The maximum absolute atomic E-state index is 12.1. The van der Waals surface area contributed by atoms with Gasteiger partial charge in [0.05, 0.1) is 13.2 Å². The van der Waals surface area contributed by atoms with Crippen LogP contribution in [-0.2, 0) is 33.3 Å². The van der Waals surface area contributed by atoms with Gasteiger partial charge in [0.15, 0.2) is 0 Å². The third-order valence-corrected chi connectivity index (χ3v) is 3.40. The largest absolute Gasteiger partial charge is 0.462 e. The van der Waals surface area contributed by atoms with E-state index in [2.05, 4.69) is 0 Å². The fraction of sp³-hybridized carbons (Fsp3) is 0.692. The Morgan fingerprint density at radius 1 is 1.00 bits per heavy atom. The van der Waals surface area contributed by atoms with Gasteiger partial charge in [0.25, 0.3) is 5.91 Å². The number of urea groups is 1. The molecule has 3 rings (SSSR count). The van der Waals surface area contributed by atoms with E-state index in [1.54, 1.807) is 0 Å². The van der Waals surface area contributed by atoms with Gasteiger partial charge in [0.1, 0.15) is 45.1 Å². The van der Waals surface area contributed by atoms with Crippen molar-refractivity contribution in [2.45, 2.75) is 12.2 Å². The van der Waals surface area contributed by atoms with E-state index >= 15 is 0 Å². The second kappa shape index (κ2) is 6.50. The number of esters is 2. The maximum atomic E-state index is 12.1. The Morgan fingerprint density at radius 3 is 2.04 bits per heavy atom. The lowest BCUT2D eigenvalue weighted by Crippen LogP contribution is -2.39. The van der Waals surface area contributed by atoms with Gasteiger partial charge in [0.2, 0.25) is 0 Å². The summed E-state index contributed by atoms with van der Waals surface area (Å²) in [6.45, 7) is 0.229. The third-order valence-electron chi connectivity index (χ3n) is 3.40. The first-order chi connectivity index (χ1) is 11.0. The highest BCUT2D eigenvalue weighted by molar-refractivity contribution is 6.05. The number of hydrogen-bond acceptors (Lipinski definition) is 8. The van der Waals surface area contributed by atoms with E-state index in [-0.39, 0.29) is 38.5 Å². The molecule has 10 heteroatoms. The molecule has 3 aliphatic rings. The number of hydrogen-bond donors (Lipinski definition) is 0. The molecule has 3 heterocycles. The van der Waals surface area contributed by atoms with Crippen LogP contribution in [0.25, 0.3) is 0 Å². The minimum Gasteiger partial charge on any atom is -0.462 e. The summed E-state index contributed by atoms with van der Waals surface area (Å²) < 4.78 is 19.6. The molecule has 3 saturated heterocycles. The minimum atomic E-state index is -0.714. The van der Waals surface area contributed by atoms with E-state index in [0.717, 1.165) is 9.80 Å². The molecule has 2 atom stereocenters. The van der Waals surface area contributed by atoms with Crippen LogP contribution in [0.15, 0.2) is 0 Å². The Labute approximate surface area is 131 Å². The molecule has 0 aromatic carbocycles. The zero-order valence-electron chi connectivity index (χ0n) is 12.3. The molecule has 0 aliphatic carbocycles. The Hall–Kier alpha value is -2.20. The van der Waals surface area contributed by atoms with Crippen LogP contribution < -0.4 is 0 Å². The predicted molar refractivity (Wildman–Crippen MR) is 70.1 cm³/mol. The zero-order valence-corrected chi connectivity index (χ0v) is 12.3. The molecule has 126 valence electrons. The van der Waals surface area contributed by atoms with Crippen molar-refractivity contribution in [2.75, 3.05) is 46.1 Å². The standard InChI is InChI=1S/C13H16N2O8/c16-10-1-14(2-11(17)22-6-8-4-20-8)13(19)15(10)3-12(18)23-7-9-5-21-9/h8-9H,1-7H2. The lowest BCUT2D eigenvalue weighted by atomic mass is 10.5. The first-order valence-corrected chi connectivity index (χ1v) is 7.16. The summed E-state index contributed by atoms with van der Waals surface area (Å²) in [6.07, 6.45) is -0.165. The molecule has 3 amide bonds. The summed E-state index contributed by atoms with van der Waals surface area (Å²) in [5.41, 5.74) is 0. The van der Waals surface area contributed by atoms with Crippen LogP contribution in [-0.4, -0.2) is 91.9 Å². The Balaban J connectivity index is 1.43. The number of epoxide rings is 2. The van der Waals surface area contributed by atoms with E-state index in [1.165, 1.54) is 0 Å². The number of nitrogens with zero attached hydrogens (tertiary/aromatic N) is 2. The summed E-state index contributed by atoms with van der Waals surface area (Å²) in [5.74, 6) is -1.89. The van der Waals surface area contributed by atoms with Gasteiger partial charge in [-0.15, -0.1) is 0 Å². The van der Waals surface area contributed by atoms with Crippen molar-refractivity contribution in [1.29, 1.82) is 0 Å². The highest BCUT2D eigenvalue weighted by atomic mass is 16.6. The van der Waals surface area contributed by atoms with Gasteiger partial charge in [0, 0.05) is 0 Å². The second-order valence-electron chi connectivity index (χ2n) is 5.40. The Kier molecular flexibility index (Phi) is 4.44. The van der Waals surface area contributed by atoms with Crippen LogP contribution in [0.3, 0.4) is 0 Å². The van der Waals surface area contributed by atoms with Crippen molar-refractivity contribution in [3.05, 3.63) is 0 Å². The lowest BCUT2D eigenvalue weighted by Gasteiger charge is -2.15. The van der Waals surface area contributed by atoms with Gasteiger partial charge in [-0.05, 0) is 0 Å². The monoisotopic (exact) mass is 328 g/mol. The summed E-state index contributed by atoms with van der Waals surface area (Å²) in [6, 6.07) is -0.714. The first-order valence-electron chi connectivity index (χ1n) is 7.16. The van der Waals surface area contributed by atoms with Crippen LogP contribution in [0.4, 0.5) is 4.79 Å². The summed E-state index contributed by atoms with van der Waals surface area (Å²) >= 11 is 0. The average Bonchev–Trinajstić information content (AvgIpc) is 3.41. The normalized spacial score (nSPS) is 25.6. The molecule has 3 aliphatic heterocycles. The molecule has 10 nitrogen and oxygen atoms in total. The number of carbonyl (C=O) groups excluding carboxylic acids is 4. The van der Waals surface area contributed by atoms with E-state index < -0.39 is 30.4 Å². The molecule has 3 fully saturated rings. The van der Waals surface area contributed by atoms with Crippen LogP contribution in [0.2, 0.25) is 0 Å². The predicted octanol–water partition coefficient (Wildman–Crippen LogP) is -1.87. The van der Waals surface area contributed by atoms with Crippen molar-refractivity contribution >= 4 is 23.9 Å². The number of carbonyl (C=O) groups is 4. The van der Waals surface area contributed by atoms with Crippen molar-refractivity contribution < 1.29 is 38.1 Å². The Morgan fingerprint density at radius 2 is 1.52 bits per heavy atom.